The van der Waals surface area contributed by atoms with E-state index in [1.165, 1.54) is 12.3 Å². The van der Waals surface area contributed by atoms with E-state index in [9.17, 15) is 24.5 Å². The first-order valence-electron chi connectivity index (χ1n) is 12.3. The number of hydrogen-bond donors (Lipinski definition) is 1. The molecule has 2 aliphatic heterocycles. The molecule has 0 radical (unpaired) electrons. The third-order valence-corrected chi connectivity index (χ3v) is 8.29. The monoisotopic (exact) mass is 486 g/mol. The van der Waals surface area contributed by atoms with Crippen LogP contribution >= 0.6 is 0 Å². The summed E-state index contributed by atoms with van der Waals surface area (Å²) in [6.45, 7) is 8.29. The van der Waals surface area contributed by atoms with Crippen molar-refractivity contribution in [1.82, 2.24) is 20.1 Å². The molecule has 0 aromatic carbocycles. The molecule has 0 unspecified atom stereocenters. The van der Waals surface area contributed by atoms with Crippen molar-refractivity contribution in [2.45, 2.75) is 58.4 Å². The number of urea groups is 1. The number of carbonyl (C=O) groups excluding carboxylic acids is 3. The molecular formula is C24H34N6O5. The molecule has 1 aliphatic carbocycles. The maximum absolute atomic E-state index is 13.3. The van der Waals surface area contributed by atoms with Crippen molar-refractivity contribution in [2.75, 3.05) is 37.6 Å². The van der Waals surface area contributed by atoms with Crippen LogP contribution in [0.4, 0.5) is 16.3 Å². The van der Waals surface area contributed by atoms with E-state index < -0.39 is 16.5 Å². The van der Waals surface area contributed by atoms with E-state index in [0.29, 0.717) is 50.8 Å². The van der Waals surface area contributed by atoms with Gasteiger partial charge in [-0.1, -0.05) is 27.2 Å². The molecule has 3 fully saturated rings. The van der Waals surface area contributed by atoms with Gasteiger partial charge in [0, 0.05) is 32.2 Å². The average molecular weight is 487 g/mol. The number of pyridine rings is 1. The minimum absolute atomic E-state index is 0.0727. The summed E-state index contributed by atoms with van der Waals surface area (Å²) in [6, 6.07) is 2.52. The third-order valence-electron chi connectivity index (χ3n) is 8.29. The van der Waals surface area contributed by atoms with Gasteiger partial charge in [-0.05, 0) is 43.1 Å². The van der Waals surface area contributed by atoms with Gasteiger partial charge in [-0.3, -0.25) is 24.6 Å². The fourth-order valence-corrected chi connectivity index (χ4v) is 5.43. The van der Waals surface area contributed by atoms with Crippen molar-refractivity contribution >= 4 is 29.4 Å². The molecule has 190 valence electrons. The third kappa shape index (κ3) is 4.81. The Labute approximate surface area is 205 Å². The number of rotatable bonds is 6. The van der Waals surface area contributed by atoms with Crippen LogP contribution in [0.25, 0.3) is 0 Å². The second kappa shape index (κ2) is 9.43. The smallest absolute Gasteiger partial charge is 0.325 e. The SMILES string of the molecule is CCC(C)(C)C1CCC2(CC1)NC(=O)N(CC(=O)N1CCN(c3ccc([N+](=O)[O-])cn3)CC1)C2=O. The highest BCUT2D eigenvalue weighted by Gasteiger charge is 2.54. The zero-order valence-corrected chi connectivity index (χ0v) is 20.7. The van der Waals surface area contributed by atoms with Crippen LogP contribution in [0.1, 0.15) is 52.9 Å². The summed E-state index contributed by atoms with van der Waals surface area (Å²) in [5.74, 6) is 0.584. The molecule has 3 aliphatic rings. The highest BCUT2D eigenvalue weighted by molar-refractivity contribution is 6.09. The van der Waals surface area contributed by atoms with Gasteiger partial charge in [0.1, 0.15) is 24.1 Å². The van der Waals surface area contributed by atoms with Crippen LogP contribution in [0.5, 0.6) is 0 Å². The fraction of sp³-hybridized carbons (Fsp3) is 0.667. The molecule has 1 aromatic heterocycles. The first-order chi connectivity index (χ1) is 16.6. The number of imide groups is 1. The van der Waals surface area contributed by atoms with Crippen LogP contribution in [-0.4, -0.2) is 75.8 Å². The molecule has 1 spiro atoms. The summed E-state index contributed by atoms with van der Waals surface area (Å²) in [5.41, 5.74) is -0.746. The largest absolute Gasteiger partial charge is 0.353 e. The molecule has 11 heteroatoms. The number of anilines is 1. The number of nitrogens with zero attached hydrogens (tertiary/aromatic N) is 5. The zero-order valence-electron chi connectivity index (χ0n) is 20.7. The number of piperazine rings is 1. The van der Waals surface area contributed by atoms with Crippen LogP contribution in [0, 0.1) is 21.4 Å². The minimum atomic E-state index is -0.877. The van der Waals surface area contributed by atoms with E-state index in [4.69, 9.17) is 0 Å². The van der Waals surface area contributed by atoms with Gasteiger partial charge in [-0.15, -0.1) is 0 Å². The minimum Gasteiger partial charge on any atom is -0.353 e. The molecule has 35 heavy (non-hydrogen) atoms. The number of amides is 4. The first-order valence-corrected chi connectivity index (χ1v) is 12.3. The van der Waals surface area contributed by atoms with E-state index in [1.807, 2.05) is 4.90 Å². The van der Waals surface area contributed by atoms with Crippen LogP contribution in [-0.2, 0) is 9.59 Å². The number of nitrogens with one attached hydrogen (secondary N) is 1. The lowest BCUT2D eigenvalue weighted by Gasteiger charge is -2.42. The van der Waals surface area contributed by atoms with Crippen LogP contribution < -0.4 is 10.2 Å². The molecular weight excluding hydrogens is 452 g/mol. The summed E-state index contributed by atoms with van der Waals surface area (Å²) in [6.07, 6.45) is 5.27. The van der Waals surface area contributed by atoms with Crippen molar-refractivity contribution in [3.8, 4) is 0 Å². The van der Waals surface area contributed by atoms with E-state index >= 15 is 0 Å². The highest BCUT2D eigenvalue weighted by atomic mass is 16.6. The van der Waals surface area contributed by atoms with E-state index in [1.54, 1.807) is 11.0 Å². The second-order valence-corrected chi connectivity index (χ2v) is 10.5. The zero-order chi connectivity index (χ0) is 25.4. The Morgan fingerprint density at radius 1 is 1.20 bits per heavy atom. The van der Waals surface area contributed by atoms with Crippen molar-refractivity contribution in [3.05, 3.63) is 28.4 Å². The molecule has 11 nitrogen and oxygen atoms in total. The van der Waals surface area contributed by atoms with Crippen LogP contribution in [0.3, 0.4) is 0 Å². The lowest BCUT2D eigenvalue weighted by molar-refractivity contribution is -0.385. The standard InChI is InChI=1S/C24H34N6O5/c1-4-23(2,3)17-7-9-24(10-8-17)21(32)29(22(33)26-24)16-20(31)28-13-11-27(12-14-28)19-6-5-18(15-25-19)30(34)35/h5-6,15,17H,4,7-14,16H2,1-3H3,(H,26,33). The molecule has 0 atom stereocenters. The highest BCUT2D eigenvalue weighted by Crippen LogP contribution is 2.45. The Morgan fingerprint density at radius 3 is 2.40 bits per heavy atom. The molecule has 1 N–H and O–H groups in total. The van der Waals surface area contributed by atoms with Gasteiger partial charge in [0.2, 0.25) is 5.91 Å². The van der Waals surface area contributed by atoms with Crippen molar-refractivity contribution < 1.29 is 19.3 Å². The second-order valence-electron chi connectivity index (χ2n) is 10.5. The number of nitro groups is 1. The van der Waals surface area contributed by atoms with Crippen molar-refractivity contribution in [2.24, 2.45) is 11.3 Å². The molecule has 1 saturated carbocycles. The Balaban J connectivity index is 1.31. The molecule has 2 saturated heterocycles. The topological polar surface area (TPSA) is 129 Å². The summed E-state index contributed by atoms with van der Waals surface area (Å²) in [7, 11) is 0. The lowest BCUT2D eigenvalue weighted by atomic mass is 9.65. The van der Waals surface area contributed by atoms with E-state index in [-0.39, 0.29) is 29.5 Å². The Hall–Kier alpha value is -3.24. The maximum atomic E-state index is 13.3. The van der Waals surface area contributed by atoms with Crippen molar-refractivity contribution in [3.63, 3.8) is 0 Å². The number of hydrogen-bond acceptors (Lipinski definition) is 7. The van der Waals surface area contributed by atoms with Gasteiger partial charge in [-0.25, -0.2) is 9.78 Å². The van der Waals surface area contributed by atoms with Crippen LogP contribution in [0.15, 0.2) is 18.3 Å². The molecule has 3 heterocycles. The van der Waals surface area contributed by atoms with E-state index in [2.05, 4.69) is 31.1 Å². The summed E-state index contributed by atoms with van der Waals surface area (Å²) < 4.78 is 0. The maximum Gasteiger partial charge on any atom is 0.325 e. The predicted octanol–water partition coefficient (Wildman–Crippen LogP) is 2.56. The Bertz CT molecular complexity index is 994. The van der Waals surface area contributed by atoms with Gasteiger partial charge < -0.3 is 15.1 Å². The normalized spacial score (nSPS) is 25.2. The van der Waals surface area contributed by atoms with Gasteiger partial charge in [0.15, 0.2) is 0 Å². The van der Waals surface area contributed by atoms with Gasteiger partial charge in [0.25, 0.3) is 11.6 Å². The van der Waals surface area contributed by atoms with Gasteiger partial charge in [-0.2, -0.15) is 0 Å². The van der Waals surface area contributed by atoms with Crippen molar-refractivity contribution in [1.29, 1.82) is 0 Å². The van der Waals surface area contributed by atoms with Crippen LogP contribution in [0.2, 0.25) is 0 Å². The average Bonchev–Trinajstić information content (AvgIpc) is 3.08. The Kier molecular flexibility index (Phi) is 6.70. The first kappa shape index (κ1) is 24.9. The lowest BCUT2D eigenvalue weighted by Crippen LogP contribution is -2.53. The van der Waals surface area contributed by atoms with Gasteiger partial charge >= 0.3 is 6.03 Å². The number of aromatic nitrogens is 1. The fourth-order valence-electron chi connectivity index (χ4n) is 5.43. The quantitative estimate of drug-likeness (QED) is 0.372. The molecule has 1 aromatic rings. The summed E-state index contributed by atoms with van der Waals surface area (Å²) in [5, 5.41) is 13.7. The van der Waals surface area contributed by atoms with Gasteiger partial charge in [0.05, 0.1) is 4.92 Å². The Morgan fingerprint density at radius 2 is 1.86 bits per heavy atom. The molecule has 4 amide bonds. The summed E-state index contributed by atoms with van der Waals surface area (Å²) >= 11 is 0. The molecule has 0 bridgehead atoms. The predicted molar refractivity (Wildman–Crippen MR) is 129 cm³/mol. The molecule has 4 rings (SSSR count). The number of carbonyl (C=O) groups is 3. The van der Waals surface area contributed by atoms with E-state index in [0.717, 1.165) is 24.2 Å². The summed E-state index contributed by atoms with van der Waals surface area (Å²) in [4.78, 5) is 58.0.